The summed E-state index contributed by atoms with van der Waals surface area (Å²) < 4.78 is 0. The van der Waals surface area contributed by atoms with Gasteiger partial charge in [0.25, 0.3) is 0 Å². The van der Waals surface area contributed by atoms with Gasteiger partial charge >= 0.3 is 33.3 Å². The maximum absolute atomic E-state index is 5.23. The quantitative estimate of drug-likeness (QED) is 0.206. The van der Waals surface area contributed by atoms with Crippen molar-refractivity contribution in [3.8, 4) is 0 Å². The molecule has 0 N–H and O–H groups in total. The Bertz CT molecular complexity index is 1290. The zero-order chi connectivity index (χ0) is 33.0. The molecule has 0 amide bonds. The first kappa shape index (κ1) is 37.1. The van der Waals surface area contributed by atoms with Gasteiger partial charge in [-0.25, -0.2) is 15.0 Å². The van der Waals surface area contributed by atoms with Gasteiger partial charge in [0.05, 0.1) is 28.5 Å². The molecule has 0 aliphatic heterocycles. The van der Waals surface area contributed by atoms with Crippen molar-refractivity contribution >= 4 is 43.0 Å². The molecule has 236 valence electrons. The summed E-state index contributed by atoms with van der Waals surface area (Å²) in [5.74, 6) is 0.621. The number of halogens is 2. The third-order valence-electron chi connectivity index (χ3n) is 7.21. The molecule has 0 saturated carbocycles. The van der Waals surface area contributed by atoms with Gasteiger partial charge in [-0.2, -0.15) is 0 Å². The van der Waals surface area contributed by atoms with Crippen molar-refractivity contribution in [3.63, 3.8) is 0 Å². The molecule has 0 fully saturated rings. The molecule has 7 heteroatoms. The average Bonchev–Trinajstić information content (AvgIpc) is 2.87. The Morgan fingerprint density at radius 1 is 0.581 bits per heavy atom. The predicted octanol–water partition coefficient (Wildman–Crippen LogP) is 11.3. The van der Waals surface area contributed by atoms with E-state index in [-0.39, 0.29) is 34.8 Å². The van der Waals surface area contributed by atoms with E-state index in [1.165, 1.54) is 22.3 Å². The van der Waals surface area contributed by atoms with Crippen LogP contribution in [-0.4, -0.2) is 21.4 Å². The van der Waals surface area contributed by atoms with E-state index in [0.29, 0.717) is 5.82 Å². The topological polar surface area (TPSA) is 50.5 Å². The molecule has 43 heavy (non-hydrogen) atoms. The Hall–Kier alpha value is -2.04. The van der Waals surface area contributed by atoms with E-state index in [1.807, 2.05) is 26.1 Å². The van der Waals surface area contributed by atoms with Crippen molar-refractivity contribution in [3.05, 3.63) is 82.4 Å². The molecule has 2 aromatic carbocycles. The Morgan fingerprint density at radius 3 is 1.23 bits per heavy atom. The third-order valence-corrected chi connectivity index (χ3v) is 7.21. The average molecular weight is 666 g/mol. The fraction of sp³-hybridized carbons (Fsp3) is 0.500. The molecule has 1 heterocycles. The molecule has 0 saturated heterocycles. The summed E-state index contributed by atoms with van der Waals surface area (Å²) in [4.78, 5) is 20.0. The van der Waals surface area contributed by atoms with Crippen molar-refractivity contribution in [2.24, 2.45) is 9.98 Å². The van der Waals surface area contributed by atoms with Crippen molar-refractivity contribution in [1.29, 1.82) is 0 Å². The Labute approximate surface area is 275 Å². The standard InChI is InChI=1S/C36H50N4.2ClH.Fe/c1-23(38-30-25(33(3,4)5)17-15-18-26(30)34(6,7)8)29-21-22-37-32(40-29)24(2)39-31-27(35(9,10)11)19-16-20-28(31)36(12,13)14;;;/h15-22H,1-14H3;2*1H;/q;;;+2/p-2. The molecule has 0 radical (unpaired) electrons. The van der Waals surface area contributed by atoms with Crippen LogP contribution in [0, 0.1) is 0 Å². The van der Waals surface area contributed by atoms with Gasteiger partial charge in [0.1, 0.15) is 0 Å². The fourth-order valence-electron chi connectivity index (χ4n) is 4.93. The molecule has 0 spiro atoms. The Balaban J connectivity index is 0.00000206. The van der Waals surface area contributed by atoms with E-state index in [9.17, 15) is 0 Å². The molecular formula is C36H50Cl2FeN4. The number of hydrogen-bond donors (Lipinski definition) is 0. The van der Waals surface area contributed by atoms with E-state index in [1.54, 1.807) is 0 Å². The second kappa shape index (κ2) is 14.4. The number of benzene rings is 2. The third kappa shape index (κ3) is 9.98. The molecule has 0 aliphatic carbocycles. The Morgan fingerprint density at radius 2 is 0.907 bits per heavy atom. The molecule has 0 aliphatic rings. The summed E-state index contributed by atoms with van der Waals surface area (Å²) in [6.07, 6.45) is 1.82. The van der Waals surface area contributed by atoms with Crippen LogP contribution >= 0.6 is 20.2 Å². The normalized spacial score (nSPS) is 13.6. The summed E-state index contributed by atoms with van der Waals surface area (Å²) in [6, 6.07) is 15.0. The van der Waals surface area contributed by atoms with Crippen LogP contribution in [0.4, 0.5) is 11.4 Å². The van der Waals surface area contributed by atoms with Crippen LogP contribution < -0.4 is 0 Å². The zero-order valence-electron chi connectivity index (χ0n) is 28.5. The fourth-order valence-corrected chi connectivity index (χ4v) is 4.93. The number of aliphatic imine (C=N–C) groups is 2. The molecule has 3 aromatic rings. The Kier molecular flexibility index (Phi) is 12.4. The minimum absolute atomic E-state index is 0.0361. The van der Waals surface area contributed by atoms with Crippen molar-refractivity contribution in [2.75, 3.05) is 0 Å². The van der Waals surface area contributed by atoms with Crippen molar-refractivity contribution < 1.29 is 13.1 Å². The van der Waals surface area contributed by atoms with Crippen LogP contribution in [-0.2, 0) is 34.8 Å². The minimum atomic E-state index is -0.0441. The van der Waals surface area contributed by atoms with Crippen LogP contribution in [0.2, 0.25) is 0 Å². The number of para-hydroxylation sites is 2. The number of nitrogens with zero attached hydrogens (tertiary/aromatic N) is 4. The first-order chi connectivity index (χ1) is 19.6. The molecule has 0 atom stereocenters. The number of rotatable bonds is 4. The summed E-state index contributed by atoms with van der Waals surface area (Å²) in [6.45, 7) is 30.9. The van der Waals surface area contributed by atoms with E-state index in [2.05, 4.69) is 124 Å². The summed E-state index contributed by atoms with van der Waals surface area (Å²) in [5.41, 5.74) is 9.29. The molecule has 0 bridgehead atoms. The van der Waals surface area contributed by atoms with Crippen molar-refractivity contribution in [2.45, 2.75) is 119 Å². The van der Waals surface area contributed by atoms with Crippen LogP contribution in [0.1, 0.15) is 131 Å². The second-order valence-corrected chi connectivity index (χ2v) is 16.9. The predicted molar refractivity (Wildman–Crippen MR) is 185 cm³/mol. The van der Waals surface area contributed by atoms with Gasteiger partial charge in [-0.05, 0) is 63.8 Å². The van der Waals surface area contributed by atoms with E-state index < -0.39 is 0 Å². The summed E-state index contributed by atoms with van der Waals surface area (Å²) >= 11 is 0.194. The van der Waals surface area contributed by atoms with Crippen LogP contribution in [0.5, 0.6) is 0 Å². The van der Waals surface area contributed by atoms with Gasteiger partial charge in [-0.1, -0.05) is 119 Å². The molecule has 1 aromatic heterocycles. The van der Waals surface area contributed by atoms with Crippen molar-refractivity contribution in [1.82, 2.24) is 9.97 Å². The van der Waals surface area contributed by atoms with E-state index in [0.717, 1.165) is 28.5 Å². The molecular weight excluding hydrogens is 615 g/mol. The molecule has 0 unspecified atom stereocenters. The number of hydrogen-bond acceptors (Lipinski definition) is 4. The summed E-state index contributed by atoms with van der Waals surface area (Å²) in [7, 11) is 9.53. The van der Waals surface area contributed by atoms with Crippen LogP contribution in [0.15, 0.2) is 58.6 Å². The second-order valence-electron chi connectivity index (χ2n) is 15.1. The molecule has 3 rings (SSSR count). The van der Waals surface area contributed by atoms with Gasteiger partial charge in [-0.3, -0.25) is 4.99 Å². The van der Waals surface area contributed by atoms with E-state index in [4.69, 9.17) is 35.2 Å². The van der Waals surface area contributed by atoms with Gasteiger partial charge in [0.2, 0.25) is 0 Å². The SMILES string of the molecule is CC(=Nc1c(C(C)(C)C)cccc1C(C)(C)C)c1ccnc(C(C)=Nc2c(C(C)(C)C)cccc2C(C)(C)C)n1.[Cl][Fe][Cl]. The molecule has 4 nitrogen and oxygen atoms in total. The van der Waals surface area contributed by atoms with Gasteiger partial charge in [0.15, 0.2) is 5.82 Å². The first-order valence-electron chi connectivity index (χ1n) is 14.7. The zero-order valence-corrected chi connectivity index (χ0v) is 31.1. The summed E-state index contributed by atoms with van der Waals surface area (Å²) in [5, 5.41) is 0. The van der Waals surface area contributed by atoms with Gasteiger partial charge in [0, 0.05) is 6.20 Å². The van der Waals surface area contributed by atoms with Gasteiger partial charge < -0.3 is 0 Å². The monoisotopic (exact) mass is 664 g/mol. The maximum atomic E-state index is 5.23. The van der Waals surface area contributed by atoms with Gasteiger partial charge in [-0.15, -0.1) is 0 Å². The van der Waals surface area contributed by atoms with Crippen LogP contribution in [0.3, 0.4) is 0 Å². The number of aromatic nitrogens is 2. The van der Waals surface area contributed by atoms with E-state index >= 15 is 0 Å². The van der Waals surface area contributed by atoms with Crippen LogP contribution in [0.25, 0.3) is 0 Å². The first-order valence-corrected chi connectivity index (χ1v) is 17.7.